The number of hydrogen-bond acceptors (Lipinski definition) is 3. The van der Waals surface area contributed by atoms with Gasteiger partial charge in [0.05, 0.1) is 19.3 Å². The van der Waals surface area contributed by atoms with Crippen molar-refractivity contribution in [3.63, 3.8) is 0 Å². The van der Waals surface area contributed by atoms with E-state index < -0.39 is 0 Å². The molecule has 1 unspecified atom stereocenters. The second kappa shape index (κ2) is 10.2. The lowest BCUT2D eigenvalue weighted by molar-refractivity contribution is -0.0401. The number of hydrogen-bond donors (Lipinski definition) is 1. The SMILES string of the molecule is CCCC(CS)(CCC)COC(C)COCC. The monoisotopic (exact) mass is 262 g/mol. The van der Waals surface area contributed by atoms with E-state index in [4.69, 9.17) is 9.47 Å². The molecule has 0 aliphatic rings. The largest absolute Gasteiger partial charge is 0.379 e. The molecule has 0 N–H and O–H groups in total. The summed E-state index contributed by atoms with van der Waals surface area (Å²) < 4.78 is 11.3. The summed E-state index contributed by atoms with van der Waals surface area (Å²) in [4.78, 5) is 0. The normalized spacial score (nSPS) is 13.9. The minimum Gasteiger partial charge on any atom is -0.379 e. The summed E-state index contributed by atoms with van der Waals surface area (Å²) in [6.45, 7) is 10.8. The first-order valence-corrected chi connectivity index (χ1v) is 7.57. The second-order valence-electron chi connectivity index (χ2n) is 4.94. The summed E-state index contributed by atoms with van der Waals surface area (Å²) >= 11 is 4.53. The van der Waals surface area contributed by atoms with Gasteiger partial charge in [-0.25, -0.2) is 0 Å². The number of thiol groups is 1. The summed E-state index contributed by atoms with van der Waals surface area (Å²) in [7, 11) is 0. The molecular weight excluding hydrogens is 232 g/mol. The Hall–Kier alpha value is 0.270. The molecule has 104 valence electrons. The molecule has 0 aromatic heterocycles. The highest BCUT2D eigenvalue weighted by atomic mass is 32.1. The smallest absolute Gasteiger partial charge is 0.0780 e. The molecule has 0 rings (SSSR count). The molecule has 0 radical (unpaired) electrons. The molecule has 0 aromatic rings. The number of ether oxygens (including phenoxy) is 2. The predicted octanol–water partition coefficient (Wildman–Crippen LogP) is 3.94. The van der Waals surface area contributed by atoms with Crippen molar-refractivity contribution in [2.75, 3.05) is 25.6 Å². The third-order valence-corrected chi connectivity index (χ3v) is 3.80. The molecule has 0 saturated carbocycles. The maximum Gasteiger partial charge on any atom is 0.0780 e. The van der Waals surface area contributed by atoms with Gasteiger partial charge in [-0.15, -0.1) is 0 Å². The van der Waals surface area contributed by atoms with Crippen LogP contribution in [0.15, 0.2) is 0 Å². The summed E-state index contributed by atoms with van der Waals surface area (Å²) in [5.41, 5.74) is 0.257. The highest BCUT2D eigenvalue weighted by Crippen LogP contribution is 2.32. The van der Waals surface area contributed by atoms with Crippen LogP contribution >= 0.6 is 12.6 Å². The Kier molecular flexibility index (Phi) is 10.4. The van der Waals surface area contributed by atoms with E-state index in [9.17, 15) is 0 Å². The minimum absolute atomic E-state index is 0.183. The Morgan fingerprint density at radius 1 is 1.12 bits per heavy atom. The maximum absolute atomic E-state index is 5.93. The van der Waals surface area contributed by atoms with E-state index in [0.29, 0.717) is 6.61 Å². The van der Waals surface area contributed by atoms with Gasteiger partial charge in [-0.3, -0.25) is 0 Å². The molecule has 0 aliphatic heterocycles. The first-order valence-electron chi connectivity index (χ1n) is 6.94. The van der Waals surface area contributed by atoms with Crippen molar-refractivity contribution in [1.82, 2.24) is 0 Å². The van der Waals surface area contributed by atoms with E-state index in [2.05, 4.69) is 33.4 Å². The third-order valence-electron chi connectivity index (χ3n) is 3.13. The van der Waals surface area contributed by atoms with Crippen molar-refractivity contribution in [3.05, 3.63) is 0 Å². The molecule has 0 bridgehead atoms. The lowest BCUT2D eigenvalue weighted by Crippen LogP contribution is -2.32. The Bertz CT molecular complexity index is 168. The summed E-state index contributed by atoms with van der Waals surface area (Å²) in [6, 6.07) is 0. The third kappa shape index (κ3) is 7.32. The van der Waals surface area contributed by atoms with E-state index in [1.54, 1.807) is 0 Å². The molecule has 0 amide bonds. The molecule has 0 saturated heterocycles. The zero-order chi connectivity index (χ0) is 13.1. The Morgan fingerprint density at radius 3 is 2.12 bits per heavy atom. The average Bonchev–Trinajstić information content (AvgIpc) is 2.34. The van der Waals surface area contributed by atoms with Crippen LogP contribution in [0.1, 0.15) is 53.4 Å². The van der Waals surface area contributed by atoms with Crippen LogP contribution in [0.2, 0.25) is 0 Å². The fourth-order valence-corrected chi connectivity index (χ4v) is 2.59. The molecule has 0 fully saturated rings. The van der Waals surface area contributed by atoms with Gasteiger partial charge >= 0.3 is 0 Å². The molecule has 17 heavy (non-hydrogen) atoms. The molecule has 0 spiro atoms. The summed E-state index contributed by atoms with van der Waals surface area (Å²) in [5, 5.41) is 0. The quantitative estimate of drug-likeness (QED) is 0.568. The van der Waals surface area contributed by atoms with Gasteiger partial charge in [-0.05, 0) is 32.4 Å². The highest BCUT2D eigenvalue weighted by molar-refractivity contribution is 7.80. The van der Waals surface area contributed by atoms with Crippen molar-refractivity contribution in [1.29, 1.82) is 0 Å². The second-order valence-corrected chi connectivity index (χ2v) is 5.26. The van der Waals surface area contributed by atoms with E-state index in [0.717, 1.165) is 19.0 Å². The van der Waals surface area contributed by atoms with Gasteiger partial charge in [-0.1, -0.05) is 26.7 Å². The fraction of sp³-hybridized carbons (Fsp3) is 1.00. The first-order chi connectivity index (χ1) is 8.14. The van der Waals surface area contributed by atoms with E-state index in [-0.39, 0.29) is 11.5 Å². The molecule has 0 aromatic carbocycles. The Labute approximate surface area is 113 Å². The Morgan fingerprint density at radius 2 is 1.71 bits per heavy atom. The van der Waals surface area contributed by atoms with Gasteiger partial charge in [0.25, 0.3) is 0 Å². The lowest BCUT2D eigenvalue weighted by atomic mass is 9.82. The maximum atomic E-state index is 5.93. The van der Waals surface area contributed by atoms with Crippen LogP contribution < -0.4 is 0 Å². The van der Waals surface area contributed by atoms with Crippen molar-refractivity contribution < 1.29 is 9.47 Å². The molecule has 3 heteroatoms. The van der Waals surface area contributed by atoms with Crippen molar-refractivity contribution in [2.24, 2.45) is 5.41 Å². The van der Waals surface area contributed by atoms with Crippen molar-refractivity contribution in [3.8, 4) is 0 Å². The van der Waals surface area contributed by atoms with E-state index >= 15 is 0 Å². The van der Waals surface area contributed by atoms with Crippen LogP contribution in [0.5, 0.6) is 0 Å². The van der Waals surface area contributed by atoms with Crippen LogP contribution in [0, 0.1) is 5.41 Å². The number of rotatable bonds is 11. The van der Waals surface area contributed by atoms with Gasteiger partial charge in [0.15, 0.2) is 0 Å². The van der Waals surface area contributed by atoms with Crippen LogP contribution in [-0.2, 0) is 9.47 Å². The topological polar surface area (TPSA) is 18.5 Å². The highest BCUT2D eigenvalue weighted by Gasteiger charge is 2.27. The van der Waals surface area contributed by atoms with Crippen molar-refractivity contribution in [2.45, 2.75) is 59.5 Å². The van der Waals surface area contributed by atoms with Crippen LogP contribution in [0.25, 0.3) is 0 Å². The predicted molar refractivity (Wildman–Crippen MR) is 78.0 cm³/mol. The van der Waals surface area contributed by atoms with E-state index in [1.807, 2.05) is 6.92 Å². The summed E-state index contributed by atoms with van der Waals surface area (Å²) in [6.07, 6.45) is 4.98. The van der Waals surface area contributed by atoms with Gasteiger partial charge in [-0.2, -0.15) is 12.6 Å². The minimum atomic E-state index is 0.183. The molecule has 0 aliphatic carbocycles. The zero-order valence-corrected chi connectivity index (χ0v) is 12.9. The Balaban J connectivity index is 4.13. The van der Waals surface area contributed by atoms with Crippen LogP contribution in [0.3, 0.4) is 0 Å². The van der Waals surface area contributed by atoms with Gasteiger partial charge < -0.3 is 9.47 Å². The average molecular weight is 262 g/mol. The van der Waals surface area contributed by atoms with E-state index in [1.165, 1.54) is 25.7 Å². The van der Waals surface area contributed by atoms with Crippen LogP contribution in [0.4, 0.5) is 0 Å². The molecule has 0 heterocycles. The molecular formula is C14H30O2S. The van der Waals surface area contributed by atoms with Gasteiger partial charge in [0.1, 0.15) is 0 Å². The first kappa shape index (κ1) is 17.3. The van der Waals surface area contributed by atoms with Gasteiger partial charge in [0, 0.05) is 12.0 Å². The van der Waals surface area contributed by atoms with Crippen molar-refractivity contribution >= 4 is 12.6 Å². The standard InChI is InChI=1S/C14H30O2S/c1-5-8-14(12-17,9-6-2)11-16-13(4)10-15-7-3/h13,17H,5-12H2,1-4H3. The molecule has 2 nitrogen and oxygen atoms in total. The fourth-order valence-electron chi connectivity index (χ4n) is 2.18. The molecule has 1 atom stereocenters. The lowest BCUT2D eigenvalue weighted by Gasteiger charge is -2.33. The zero-order valence-electron chi connectivity index (χ0n) is 12.0. The van der Waals surface area contributed by atoms with Crippen LogP contribution in [-0.4, -0.2) is 31.7 Å². The van der Waals surface area contributed by atoms with Gasteiger partial charge in [0.2, 0.25) is 0 Å². The summed E-state index contributed by atoms with van der Waals surface area (Å²) in [5.74, 6) is 0.913.